The van der Waals surface area contributed by atoms with Crippen molar-refractivity contribution in [3.63, 3.8) is 0 Å². The molecule has 0 fully saturated rings. The maximum Gasteiger partial charge on any atom is 0.305 e. The quantitative estimate of drug-likeness (QED) is 0.625. The van der Waals surface area contributed by atoms with Crippen LogP contribution >= 0.6 is 0 Å². The van der Waals surface area contributed by atoms with Crippen LogP contribution in [0, 0.1) is 27.4 Å². The number of nitro groups is 1. The second-order valence-electron chi connectivity index (χ2n) is 5.02. The number of nitriles is 1. The van der Waals surface area contributed by atoms with Gasteiger partial charge in [0.15, 0.2) is 0 Å². The molecule has 0 saturated carbocycles. The molecule has 1 aromatic rings. The molecule has 0 aliphatic rings. The summed E-state index contributed by atoms with van der Waals surface area (Å²) in [5.41, 5.74) is 5.53. The Bertz CT molecular complexity index is 524. The molecule has 0 aromatic carbocycles. The van der Waals surface area contributed by atoms with Crippen LogP contribution in [0.25, 0.3) is 0 Å². The van der Waals surface area contributed by atoms with E-state index in [-0.39, 0.29) is 17.4 Å². The fraction of sp³-hybridized carbons (Fsp3) is 0.538. The minimum absolute atomic E-state index is 0.0888. The van der Waals surface area contributed by atoms with Crippen molar-refractivity contribution in [2.45, 2.75) is 26.3 Å². The van der Waals surface area contributed by atoms with E-state index in [1.54, 1.807) is 12.1 Å². The molecule has 7 nitrogen and oxygen atoms in total. The standard InChI is InChI=1S/C13H19N5O2/c1-9(2)10(15)6-7-17(3)13-5-4-12(18(19)20)11(8-14)16-13/h4-5,9-10H,6-7,15H2,1-3H3. The summed E-state index contributed by atoms with van der Waals surface area (Å²) in [6.07, 6.45) is 0.786. The van der Waals surface area contributed by atoms with Crippen molar-refractivity contribution < 1.29 is 4.92 Å². The van der Waals surface area contributed by atoms with Crippen LogP contribution in [0.3, 0.4) is 0 Å². The molecular formula is C13H19N5O2. The zero-order valence-corrected chi connectivity index (χ0v) is 11.9. The molecule has 0 spiro atoms. The Morgan fingerprint density at radius 3 is 2.70 bits per heavy atom. The van der Waals surface area contributed by atoms with E-state index in [9.17, 15) is 10.1 Å². The first-order valence-electron chi connectivity index (χ1n) is 6.39. The van der Waals surface area contributed by atoms with Crippen molar-refractivity contribution in [3.05, 3.63) is 27.9 Å². The van der Waals surface area contributed by atoms with Gasteiger partial charge in [-0.25, -0.2) is 4.98 Å². The molecule has 7 heteroatoms. The Morgan fingerprint density at radius 1 is 1.55 bits per heavy atom. The highest BCUT2D eigenvalue weighted by atomic mass is 16.6. The topological polar surface area (TPSA) is 109 Å². The van der Waals surface area contributed by atoms with Gasteiger partial charge in [-0.15, -0.1) is 0 Å². The summed E-state index contributed by atoms with van der Waals surface area (Å²) in [5.74, 6) is 0.922. The largest absolute Gasteiger partial charge is 0.360 e. The lowest BCUT2D eigenvalue weighted by atomic mass is 10.0. The fourth-order valence-corrected chi connectivity index (χ4v) is 1.67. The predicted octanol–water partition coefficient (Wildman–Crippen LogP) is 1.67. The molecule has 0 saturated heterocycles. The van der Waals surface area contributed by atoms with Crippen LogP contribution in [0.4, 0.5) is 11.5 Å². The summed E-state index contributed by atoms with van der Waals surface area (Å²) < 4.78 is 0. The highest BCUT2D eigenvalue weighted by molar-refractivity contribution is 5.51. The van der Waals surface area contributed by atoms with Gasteiger partial charge in [0.2, 0.25) is 5.69 Å². The van der Waals surface area contributed by atoms with E-state index in [2.05, 4.69) is 18.8 Å². The molecule has 2 N–H and O–H groups in total. The third-order valence-electron chi connectivity index (χ3n) is 3.21. The molecule has 0 bridgehead atoms. The maximum atomic E-state index is 10.7. The Labute approximate surface area is 118 Å². The molecule has 0 aliphatic carbocycles. The molecule has 0 radical (unpaired) electrons. The predicted molar refractivity (Wildman–Crippen MR) is 76.3 cm³/mol. The minimum atomic E-state index is -0.607. The summed E-state index contributed by atoms with van der Waals surface area (Å²) in [4.78, 5) is 16.0. The third kappa shape index (κ3) is 3.90. The van der Waals surface area contributed by atoms with Gasteiger partial charge in [-0.3, -0.25) is 10.1 Å². The highest BCUT2D eigenvalue weighted by Crippen LogP contribution is 2.20. The van der Waals surface area contributed by atoms with E-state index in [0.29, 0.717) is 18.3 Å². The lowest BCUT2D eigenvalue weighted by Gasteiger charge is -2.22. The van der Waals surface area contributed by atoms with Crippen molar-refractivity contribution in [1.29, 1.82) is 5.26 Å². The lowest BCUT2D eigenvalue weighted by molar-refractivity contribution is -0.385. The first-order chi connectivity index (χ1) is 9.36. The van der Waals surface area contributed by atoms with Crippen LogP contribution in [0.15, 0.2) is 12.1 Å². The van der Waals surface area contributed by atoms with Crippen LogP contribution in [-0.4, -0.2) is 29.5 Å². The van der Waals surface area contributed by atoms with E-state index < -0.39 is 4.92 Å². The first kappa shape index (κ1) is 15.9. The third-order valence-corrected chi connectivity index (χ3v) is 3.21. The van der Waals surface area contributed by atoms with Crippen molar-refractivity contribution >= 4 is 11.5 Å². The Hall–Kier alpha value is -2.20. The van der Waals surface area contributed by atoms with Crippen molar-refractivity contribution in [1.82, 2.24) is 4.98 Å². The van der Waals surface area contributed by atoms with Gasteiger partial charge in [0.05, 0.1) is 4.92 Å². The molecule has 0 amide bonds. The van der Waals surface area contributed by atoms with Gasteiger partial charge in [-0.2, -0.15) is 5.26 Å². The highest BCUT2D eigenvalue weighted by Gasteiger charge is 2.17. The first-order valence-corrected chi connectivity index (χ1v) is 6.39. The fourth-order valence-electron chi connectivity index (χ4n) is 1.67. The van der Waals surface area contributed by atoms with Crippen LogP contribution in [0.1, 0.15) is 26.0 Å². The van der Waals surface area contributed by atoms with Gasteiger partial charge in [0, 0.05) is 25.7 Å². The molecular weight excluding hydrogens is 258 g/mol. The molecule has 1 aromatic heterocycles. The molecule has 108 valence electrons. The van der Waals surface area contributed by atoms with Crippen molar-refractivity contribution in [3.8, 4) is 6.07 Å². The number of pyridine rings is 1. The second kappa shape index (κ2) is 6.82. The van der Waals surface area contributed by atoms with E-state index in [0.717, 1.165) is 6.42 Å². The molecule has 1 atom stereocenters. The zero-order valence-electron chi connectivity index (χ0n) is 11.9. The van der Waals surface area contributed by atoms with Crippen molar-refractivity contribution in [2.75, 3.05) is 18.5 Å². The number of anilines is 1. The van der Waals surface area contributed by atoms with Crippen LogP contribution in [0.5, 0.6) is 0 Å². The van der Waals surface area contributed by atoms with Gasteiger partial charge in [-0.05, 0) is 18.4 Å². The average Bonchev–Trinajstić information content (AvgIpc) is 2.43. The summed E-state index contributed by atoms with van der Waals surface area (Å²) >= 11 is 0. The summed E-state index contributed by atoms with van der Waals surface area (Å²) in [6, 6.07) is 4.69. The zero-order chi connectivity index (χ0) is 15.3. The van der Waals surface area contributed by atoms with Crippen LogP contribution in [0.2, 0.25) is 0 Å². The monoisotopic (exact) mass is 277 g/mol. The van der Waals surface area contributed by atoms with Crippen LogP contribution < -0.4 is 10.6 Å². The number of hydrogen-bond donors (Lipinski definition) is 1. The van der Waals surface area contributed by atoms with Crippen LogP contribution in [-0.2, 0) is 0 Å². The normalized spacial score (nSPS) is 12.0. The average molecular weight is 277 g/mol. The number of hydrogen-bond acceptors (Lipinski definition) is 6. The van der Waals surface area contributed by atoms with Gasteiger partial charge >= 0.3 is 5.69 Å². The molecule has 1 heterocycles. The SMILES string of the molecule is CC(C)C(N)CCN(C)c1ccc([N+](=O)[O-])c(C#N)n1. The van der Waals surface area contributed by atoms with Gasteiger partial charge < -0.3 is 10.6 Å². The second-order valence-corrected chi connectivity index (χ2v) is 5.02. The number of nitrogens with zero attached hydrogens (tertiary/aromatic N) is 4. The number of rotatable bonds is 6. The summed E-state index contributed by atoms with van der Waals surface area (Å²) in [6.45, 7) is 4.79. The number of aromatic nitrogens is 1. The van der Waals surface area contributed by atoms with E-state index in [1.807, 2.05) is 11.9 Å². The Morgan fingerprint density at radius 2 is 2.20 bits per heavy atom. The molecule has 0 aliphatic heterocycles. The van der Waals surface area contributed by atoms with Crippen molar-refractivity contribution in [2.24, 2.45) is 11.7 Å². The molecule has 1 rings (SSSR count). The summed E-state index contributed by atoms with van der Waals surface area (Å²) in [7, 11) is 1.82. The maximum absolute atomic E-state index is 10.7. The van der Waals surface area contributed by atoms with E-state index in [1.165, 1.54) is 6.07 Å². The number of nitrogens with two attached hydrogens (primary N) is 1. The molecule has 1 unspecified atom stereocenters. The molecule has 20 heavy (non-hydrogen) atoms. The smallest absolute Gasteiger partial charge is 0.305 e. The minimum Gasteiger partial charge on any atom is -0.360 e. The van der Waals surface area contributed by atoms with Gasteiger partial charge in [0.1, 0.15) is 11.9 Å². The lowest BCUT2D eigenvalue weighted by Crippen LogP contribution is -2.32. The van der Waals surface area contributed by atoms with Gasteiger partial charge in [0.25, 0.3) is 0 Å². The van der Waals surface area contributed by atoms with Gasteiger partial charge in [-0.1, -0.05) is 13.8 Å². The van der Waals surface area contributed by atoms with E-state index >= 15 is 0 Å². The Balaban J connectivity index is 2.82. The van der Waals surface area contributed by atoms with E-state index in [4.69, 9.17) is 11.0 Å². The Kier molecular flexibility index (Phi) is 5.41. The summed E-state index contributed by atoms with van der Waals surface area (Å²) in [5, 5.41) is 19.6.